The highest BCUT2D eigenvalue weighted by atomic mass is 15.0. The second kappa shape index (κ2) is 6.57. The molecule has 0 radical (unpaired) electrons. The fourth-order valence-electron chi connectivity index (χ4n) is 3.39. The van der Waals surface area contributed by atoms with E-state index in [1.807, 2.05) is 36.5 Å². The molecule has 126 valence electrons. The summed E-state index contributed by atoms with van der Waals surface area (Å²) < 4.78 is 2.33. The molecule has 25 heavy (non-hydrogen) atoms. The molecule has 3 nitrogen and oxygen atoms in total. The number of nitrogens with zero attached hydrogens (tertiary/aromatic N) is 3. The van der Waals surface area contributed by atoms with Crippen molar-refractivity contribution in [1.82, 2.24) is 9.55 Å². The highest BCUT2D eigenvalue weighted by molar-refractivity contribution is 5.72. The van der Waals surface area contributed by atoms with Crippen LogP contribution in [-0.2, 0) is 12.0 Å². The quantitative estimate of drug-likeness (QED) is 0.672. The fraction of sp³-hybridized carbons (Fsp3) is 0.273. The molecule has 0 N–H and O–H groups in total. The average molecular weight is 329 g/mol. The van der Waals surface area contributed by atoms with E-state index in [9.17, 15) is 0 Å². The summed E-state index contributed by atoms with van der Waals surface area (Å²) in [6, 6.07) is 14.1. The first-order valence-electron chi connectivity index (χ1n) is 8.50. The van der Waals surface area contributed by atoms with Crippen LogP contribution in [0.2, 0.25) is 0 Å². The molecule has 1 aromatic carbocycles. The molecule has 0 aliphatic rings. The van der Waals surface area contributed by atoms with E-state index in [0.717, 1.165) is 12.1 Å². The van der Waals surface area contributed by atoms with Gasteiger partial charge in [0, 0.05) is 41.8 Å². The van der Waals surface area contributed by atoms with Gasteiger partial charge in [-0.2, -0.15) is 5.26 Å². The molecule has 3 rings (SSSR count). The Morgan fingerprint density at radius 1 is 1.12 bits per heavy atom. The number of aromatic nitrogens is 2. The molecule has 0 saturated carbocycles. The molecule has 0 aliphatic heterocycles. The Morgan fingerprint density at radius 3 is 2.40 bits per heavy atom. The highest BCUT2D eigenvalue weighted by Gasteiger charge is 2.25. The smallest absolute Gasteiger partial charge is 0.0991 e. The largest absolute Gasteiger partial charge is 0.346 e. The molecule has 0 atom stereocenters. The van der Waals surface area contributed by atoms with Crippen LogP contribution >= 0.6 is 0 Å². The van der Waals surface area contributed by atoms with E-state index in [1.54, 1.807) is 6.20 Å². The Hall–Kier alpha value is -2.86. The zero-order valence-electron chi connectivity index (χ0n) is 15.2. The lowest BCUT2D eigenvalue weighted by molar-refractivity contribution is 0.532. The van der Waals surface area contributed by atoms with Crippen LogP contribution in [0.3, 0.4) is 0 Å². The van der Waals surface area contributed by atoms with E-state index in [4.69, 9.17) is 5.26 Å². The van der Waals surface area contributed by atoms with E-state index < -0.39 is 0 Å². The van der Waals surface area contributed by atoms with E-state index >= 15 is 0 Å². The number of nitriles is 1. The van der Waals surface area contributed by atoms with Crippen molar-refractivity contribution >= 4 is 0 Å². The maximum atomic E-state index is 9.05. The van der Waals surface area contributed by atoms with Crippen LogP contribution < -0.4 is 0 Å². The topological polar surface area (TPSA) is 41.6 Å². The van der Waals surface area contributed by atoms with Gasteiger partial charge in [0.05, 0.1) is 11.6 Å². The Bertz CT molecular complexity index is 905. The Morgan fingerprint density at radius 2 is 1.84 bits per heavy atom. The molecule has 0 unspecified atom stereocenters. The number of hydrogen-bond acceptors (Lipinski definition) is 2. The van der Waals surface area contributed by atoms with Crippen LogP contribution in [-0.4, -0.2) is 9.55 Å². The summed E-state index contributed by atoms with van der Waals surface area (Å²) in [5.74, 6) is 0. The predicted octanol–water partition coefficient (Wildman–Crippen LogP) is 5.08. The number of pyridine rings is 1. The Labute approximate surface area is 149 Å². The van der Waals surface area contributed by atoms with E-state index in [2.05, 4.69) is 55.6 Å². The molecule has 3 heteroatoms. The van der Waals surface area contributed by atoms with E-state index in [-0.39, 0.29) is 5.41 Å². The molecule has 0 saturated heterocycles. The predicted molar refractivity (Wildman–Crippen MR) is 101 cm³/mol. The van der Waals surface area contributed by atoms with Crippen molar-refractivity contribution < 1.29 is 0 Å². The Balaban J connectivity index is 2.13. The van der Waals surface area contributed by atoms with Crippen molar-refractivity contribution in [2.24, 2.45) is 0 Å². The van der Waals surface area contributed by atoms with Gasteiger partial charge in [-0.3, -0.25) is 4.98 Å². The zero-order chi connectivity index (χ0) is 18.0. The van der Waals surface area contributed by atoms with Crippen LogP contribution in [0.5, 0.6) is 0 Å². The lowest BCUT2D eigenvalue weighted by Crippen LogP contribution is -2.19. The van der Waals surface area contributed by atoms with Crippen LogP contribution in [0.25, 0.3) is 11.1 Å². The first-order valence-corrected chi connectivity index (χ1v) is 8.50. The van der Waals surface area contributed by atoms with Crippen LogP contribution in [0.1, 0.15) is 43.2 Å². The minimum absolute atomic E-state index is 0.000295. The summed E-state index contributed by atoms with van der Waals surface area (Å²) in [5.41, 5.74) is 6.85. The van der Waals surface area contributed by atoms with Gasteiger partial charge >= 0.3 is 0 Å². The third-order valence-electron chi connectivity index (χ3n) is 4.36. The third kappa shape index (κ3) is 3.49. The maximum absolute atomic E-state index is 9.05. The normalized spacial score (nSPS) is 11.3. The number of hydrogen-bond donors (Lipinski definition) is 0. The van der Waals surface area contributed by atoms with E-state index in [0.29, 0.717) is 5.56 Å². The van der Waals surface area contributed by atoms with Crippen molar-refractivity contribution in [3.8, 4) is 17.2 Å². The van der Waals surface area contributed by atoms with Crippen molar-refractivity contribution in [2.45, 2.75) is 39.7 Å². The molecule has 2 aromatic heterocycles. The standard InChI is InChI=1S/C22H23N3/c1-16-14-25(15-18-6-5-11-24-13-18)21(22(2,3)4)20(16)19-9-7-17(12-23)8-10-19/h5-11,13-14H,15H2,1-4H3. The van der Waals surface area contributed by atoms with Gasteiger partial charge in [0.1, 0.15) is 0 Å². The van der Waals surface area contributed by atoms with Gasteiger partial charge in [0.2, 0.25) is 0 Å². The van der Waals surface area contributed by atoms with Crippen LogP contribution in [0.15, 0.2) is 55.0 Å². The van der Waals surface area contributed by atoms with Gasteiger partial charge in [0.15, 0.2) is 0 Å². The first kappa shape index (κ1) is 17.0. The highest BCUT2D eigenvalue weighted by Crippen LogP contribution is 2.37. The van der Waals surface area contributed by atoms with Gasteiger partial charge in [-0.05, 0) is 41.8 Å². The number of benzene rings is 1. The second-order valence-corrected chi connectivity index (χ2v) is 7.46. The molecule has 3 aromatic rings. The van der Waals surface area contributed by atoms with Gasteiger partial charge in [-0.1, -0.05) is 39.0 Å². The van der Waals surface area contributed by atoms with E-state index in [1.165, 1.54) is 22.4 Å². The SMILES string of the molecule is Cc1cn(Cc2cccnc2)c(C(C)(C)C)c1-c1ccc(C#N)cc1. The molecule has 0 aliphatic carbocycles. The summed E-state index contributed by atoms with van der Waals surface area (Å²) in [7, 11) is 0. The average Bonchev–Trinajstić information content (AvgIpc) is 2.92. The molecule has 0 bridgehead atoms. The Kier molecular flexibility index (Phi) is 4.46. The monoisotopic (exact) mass is 329 g/mol. The van der Waals surface area contributed by atoms with Crippen molar-refractivity contribution in [3.63, 3.8) is 0 Å². The molecule has 0 fully saturated rings. The summed E-state index contributed by atoms with van der Waals surface area (Å²) in [5, 5.41) is 9.05. The van der Waals surface area contributed by atoms with Gasteiger partial charge in [0.25, 0.3) is 0 Å². The summed E-state index contributed by atoms with van der Waals surface area (Å²) in [6.07, 6.45) is 5.95. The number of rotatable bonds is 3. The minimum Gasteiger partial charge on any atom is -0.346 e. The molecule has 0 spiro atoms. The summed E-state index contributed by atoms with van der Waals surface area (Å²) in [6.45, 7) is 9.69. The van der Waals surface area contributed by atoms with Gasteiger partial charge < -0.3 is 4.57 Å². The first-order chi connectivity index (χ1) is 11.9. The molecule has 2 heterocycles. The van der Waals surface area contributed by atoms with Crippen molar-refractivity contribution in [1.29, 1.82) is 5.26 Å². The second-order valence-electron chi connectivity index (χ2n) is 7.46. The van der Waals surface area contributed by atoms with Crippen LogP contribution in [0, 0.1) is 18.3 Å². The maximum Gasteiger partial charge on any atom is 0.0991 e. The third-order valence-corrected chi connectivity index (χ3v) is 4.36. The summed E-state index contributed by atoms with van der Waals surface area (Å²) >= 11 is 0. The van der Waals surface area contributed by atoms with Gasteiger partial charge in [-0.15, -0.1) is 0 Å². The van der Waals surface area contributed by atoms with Gasteiger partial charge in [-0.25, -0.2) is 0 Å². The fourth-order valence-corrected chi connectivity index (χ4v) is 3.39. The zero-order valence-corrected chi connectivity index (χ0v) is 15.2. The lowest BCUT2D eigenvalue weighted by Gasteiger charge is -2.24. The number of aryl methyl sites for hydroxylation is 1. The molecular weight excluding hydrogens is 306 g/mol. The summed E-state index contributed by atoms with van der Waals surface area (Å²) in [4.78, 5) is 4.24. The van der Waals surface area contributed by atoms with Crippen molar-refractivity contribution in [3.05, 3.63) is 77.4 Å². The molecular formula is C22H23N3. The lowest BCUT2D eigenvalue weighted by atomic mass is 9.86. The molecule has 0 amide bonds. The van der Waals surface area contributed by atoms with Crippen molar-refractivity contribution in [2.75, 3.05) is 0 Å². The minimum atomic E-state index is -0.000295. The van der Waals surface area contributed by atoms with Crippen LogP contribution in [0.4, 0.5) is 0 Å².